The van der Waals surface area contributed by atoms with E-state index in [0.717, 1.165) is 22.5 Å². The van der Waals surface area contributed by atoms with Gasteiger partial charge in [-0.1, -0.05) is 15.9 Å². The van der Waals surface area contributed by atoms with E-state index in [1.54, 1.807) is 16.8 Å². The number of hydrogen-bond acceptors (Lipinski definition) is 3. The molecule has 0 aliphatic carbocycles. The van der Waals surface area contributed by atoms with Crippen molar-refractivity contribution in [2.45, 2.75) is 12.8 Å². The molecule has 5 heteroatoms. The molecule has 2 aromatic rings. The molecule has 0 bridgehead atoms. The number of halogens is 1. The molecule has 0 radical (unpaired) electrons. The highest BCUT2D eigenvalue weighted by atomic mass is 79.9. The highest BCUT2D eigenvalue weighted by molar-refractivity contribution is 9.10. The topological polar surface area (TPSA) is 34.5 Å². The molecule has 0 spiro atoms. The van der Waals surface area contributed by atoms with Gasteiger partial charge in [0.2, 0.25) is 0 Å². The van der Waals surface area contributed by atoms with Gasteiger partial charge in [0.15, 0.2) is 0 Å². The van der Waals surface area contributed by atoms with Crippen molar-refractivity contribution in [2.75, 3.05) is 26.2 Å². The maximum atomic E-state index is 11.9. The van der Waals surface area contributed by atoms with Crippen molar-refractivity contribution >= 4 is 15.9 Å². The van der Waals surface area contributed by atoms with Gasteiger partial charge in [0.1, 0.15) is 12.4 Å². The lowest BCUT2D eigenvalue weighted by molar-refractivity contribution is 0.238. The molecule has 1 aromatic carbocycles. The first-order chi connectivity index (χ1) is 10.7. The Morgan fingerprint density at radius 2 is 1.82 bits per heavy atom. The number of rotatable bonds is 5. The number of aromatic nitrogens is 1. The van der Waals surface area contributed by atoms with Gasteiger partial charge in [-0.05, 0) is 56.3 Å². The molecule has 0 amide bonds. The summed E-state index contributed by atoms with van der Waals surface area (Å²) in [5.74, 6) is 0.841. The summed E-state index contributed by atoms with van der Waals surface area (Å²) in [5.41, 5.74) is 0.779. The lowest BCUT2D eigenvalue weighted by Crippen LogP contribution is -2.25. The van der Waals surface area contributed by atoms with Crippen LogP contribution in [0.2, 0.25) is 0 Å². The molecule has 2 heterocycles. The summed E-state index contributed by atoms with van der Waals surface area (Å²) in [7, 11) is 0. The van der Waals surface area contributed by atoms with Gasteiger partial charge in [-0.15, -0.1) is 0 Å². The van der Waals surface area contributed by atoms with Crippen LogP contribution in [0.3, 0.4) is 0 Å². The monoisotopic (exact) mass is 362 g/mol. The normalized spacial score (nSPS) is 15.1. The number of likely N-dealkylation sites (tertiary alicyclic amines) is 1. The Morgan fingerprint density at radius 1 is 1.09 bits per heavy atom. The van der Waals surface area contributed by atoms with Gasteiger partial charge in [-0.25, -0.2) is 0 Å². The van der Waals surface area contributed by atoms with Crippen molar-refractivity contribution in [3.8, 4) is 11.4 Å². The summed E-state index contributed by atoms with van der Waals surface area (Å²) in [5, 5.41) is 0. The Morgan fingerprint density at radius 3 is 2.50 bits per heavy atom. The smallest absolute Gasteiger partial charge is 0.256 e. The van der Waals surface area contributed by atoms with Crippen molar-refractivity contribution in [3.05, 3.63) is 57.4 Å². The summed E-state index contributed by atoms with van der Waals surface area (Å²) < 4.78 is 8.17. The predicted molar refractivity (Wildman–Crippen MR) is 90.9 cm³/mol. The fourth-order valence-electron chi connectivity index (χ4n) is 2.67. The minimum atomic E-state index is -0.0583. The highest BCUT2D eigenvalue weighted by Crippen LogP contribution is 2.15. The lowest BCUT2D eigenvalue weighted by Gasteiger charge is -2.15. The molecule has 0 saturated carbocycles. The molecule has 22 heavy (non-hydrogen) atoms. The predicted octanol–water partition coefficient (Wildman–Crippen LogP) is 3.07. The van der Waals surface area contributed by atoms with Crippen LogP contribution in [0.4, 0.5) is 0 Å². The molecule has 116 valence electrons. The summed E-state index contributed by atoms with van der Waals surface area (Å²) in [6.45, 7) is 4.06. The van der Waals surface area contributed by atoms with Crippen molar-refractivity contribution in [3.63, 3.8) is 0 Å². The maximum absolute atomic E-state index is 11.9. The summed E-state index contributed by atoms with van der Waals surface area (Å²) in [6, 6.07) is 11.0. The molecular weight excluding hydrogens is 344 g/mol. The van der Waals surface area contributed by atoms with Crippen LogP contribution in [0.25, 0.3) is 5.69 Å². The van der Waals surface area contributed by atoms with E-state index in [9.17, 15) is 4.79 Å². The molecule has 1 fully saturated rings. The van der Waals surface area contributed by atoms with Crippen molar-refractivity contribution in [1.82, 2.24) is 9.47 Å². The van der Waals surface area contributed by atoms with Crippen molar-refractivity contribution < 1.29 is 4.74 Å². The average Bonchev–Trinajstić information content (AvgIpc) is 3.02. The fraction of sp³-hybridized carbons (Fsp3) is 0.353. The second kappa shape index (κ2) is 7.11. The third-order valence-electron chi connectivity index (χ3n) is 3.87. The third-order valence-corrected chi connectivity index (χ3v) is 4.36. The van der Waals surface area contributed by atoms with Gasteiger partial charge in [0.25, 0.3) is 5.56 Å². The van der Waals surface area contributed by atoms with Crippen LogP contribution in [-0.2, 0) is 0 Å². The van der Waals surface area contributed by atoms with Crippen LogP contribution in [-0.4, -0.2) is 35.7 Å². The number of nitrogens with zero attached hydrogens (tertiary/aromatic N) is 2. The highest BCUT2D eigenvalue weighted by Gasteiger charge is 2.10. The molecule has 1 aliphatic heterocycles. The Balaban J connectivity index is 1.61. The van der Waals surface area contributed by atoms with Gasteiger partial charge in [0, 0.05) is 29.0 Å². The zero-order chi connectivity index (χ0) is 15.4. The quantitative estimate of drug-likeness (QED) is 0.819. The Bertz CT molecular complexity index is 676. The molecule has 1 aliphatic rings. The third kappa shape index (κ3) is 3.78. The van der Waals surface area contributed by atoms with Gasteiger partial charge < -0.3 is 4.74 Å². The minimum Gasteiger partial charge on any atom is -0.492 e. The van der Waals surface area contributed by atoms with Crippen LogP contribution in [0, 0.1) is 0 Å². The molecule has 3 rings (SSSR count). The number of pyridine rings is 1. The largest absolute Gasteiger partial charge is 0.492 e. The molecule has 1 aromatic heterocycles. The Hall–Kier alpha value is -1.59. The van der Waals surface area contributed by atoms with Crippen LogP contribution in [0.15, 0.2) is 51.9 Å². The first kappa shape index (κ1) is 15.3. The second-order valence-corrected chi connectivity index (χ2v) is 6.36. The number of hydrogen-bond donors (Lipinski definition) is 0. The number of ether oxygens (including phenoxy) is 1. The summed E-state index contributed by atoms with van der Waals surface area (Å²) >= 11 is 3.30. The Kier molecular flexibility index (Phi) is 4.95. The molecule has 0 unspecified atom stereocenters. The average molecular weight is 363 g/mol. The maximum Gasteiger partial charge on any atom is 0.256 e. The molecule has 4 nitrogen and oxygen atoms in total. The van der Waals surface area contributed by atoms with E-state index >= 15 is 0 Å². The van der Waals surface area contributed by atoms with E-state index in [4.69, 9.17) is 4.74 Å². The van der Waals surface area contributed by atoms with Crippen molar-refractivity contribution in [2.24, 2.45) is 0 Å². The Labute approximate surface area is 138 Å². The van der Waals surface area contributed by atoms with Gasteiger partial charge in [-0.2, -0.15) is 0 Å². The van der Waals surface area contributed by atoms with E-state index in [0.29, 0.717) is 6.61 Å². The van der Waals surface area contributed by atoms with Gasteiger partial charge >= 0.3 is 0 Å². The molecule has 0 N–H and O–H groups in total. The first-order valence-corrected chi connectivity index (χ1v) is 8.35. The second-order valence-electron chi connectivity index (χ2n) is 5.44. The van der Waals surface area contributed by atoms with Crippen LogP contribution in [0.5, 0.6) is 5.75 Å². The van der Waals surface area contributed by atoms with E-state index in [-0.39, 0.29) is 5.56 Å². The molecule has 0 atom stereocenters. The van der Waals surface area contributed by atoms with E-state index < -0.39 is 0 Å². The summed E-state index contributed by atoms with van der Waals surface area (Å²) in [6.07, 6.45) is 4.36. The standard InChI is InChI=1S/C17H19BrN2O2/c18-14-7-10-20(17(21)13-14)15-3-5-16(6-4-15)22-12-11-19-8-1-2-9-19/h3-7,10,13H,1-2,8-9,11-12H2. The SMILES string of the molecule is O=c1cc(Br)ccn1-c1ccc(OCCN2CCCC2)cc1. The van der Waals surface area contributed by atoms with Crippen molar-refractivity contribution in [1.29, 1.82) is 0 Å². The fourth-order valence-corrected chi connectivity index (χ4v) is 2.98. The van der Waals surface area contributed by atoms with Gasteiger partial charge in [0.05, 0.1) is 0 Å². The zero-order valence-electron chi connectivity index (χ0n) is 12.4. The van der Waals surface area contributed by atoms with Gasteiger partial charge in [-0.3, -0.25) is 14.3 Å². The van der Waals surface area contributed by atoms with E-state index in [2.05, 4.69) is 20.8 Å². The zero-order valence-corrected chi connectivity index (χ0v) is 14.0. The van der Waals surface area contributed by atoms with E-state index in [1.807, 2.05) is 30.3 Å². The van der Waals surface area contributed by atoms with E-state index in [1.165, 1.54) is 25.9 Å². The first-order valence-electron chi connectivity index (χ1n) is 7.56. The minimum absolute atomic E-state index is 0.0583. The van der Waals surface area contributed by atoms with Crippen LogP contribution < -0.4 is 10.3 Å². The number of benzene rings is 1. The summed E-state index contributed by atoms with van der Waals surface area (Å²) in [4.78, 5) is 14.4. The molecule has 1 saturated heterocycles. The van der Waals surface area contributed by atoms with Crippen LogP contribution in [0.1, 0.15) is 12.8 Å². The van der Waals surface area contributed by atoms with Crippen LogP contribution >= 0.6 is 15.9 Å². The lowest BCUT2D eigenvalue weighted by atomic mass is 10.3. The molecular formula is C17H19BrN2O2.